The van der Waals surface area contributed by atoms with Gasteiger partial charge in [0.15, 0.2) is 4.67 Å². The third kappa shape index (κ3) is 1.94. The molecule has 1 saturated heterocycles. The fourth-order valence-electron chi connectivity index (χ4n) is 2.73. The van der Waals surface area contributed by atoms with E-state index in [2.05, 4.69) is 26.9 Å². The molecule has 1 saturated carbocycles. The van der Waals surface area contributed by atoms with Gasteiger partial charge in [-0.15, -0.1) is 0 Å². The van der Waals surface area contributed by atoms with Crippen LogP contribution in [0.4, 0.5) is 0 Å². The van der Waals surface area contributed by atoms with Crippen molar-refractivity contribution in [2.24, 2.45) is 5.73 Å². The van der Waals surface area contributed by atoms with Crippen molar-refractivity contribution in [1.82, 2.24) is 4.90 Å². The van der Waals surface area contributed by atoms with Crippen molar-refractivity contribution in [3.63, 3.8) is 0 Å². The summed E-state index contributed by atoms with van der Waals surface area (Å²) in [6.45, 7) is 1.17. The van der Waals surface area contributed by atoms with E-state index in [0.717, 1.165) is 22.9 Å². The van der Waals surface area contributed by atoms with Gasteiger partial charge in [0.2, 0.25) is 0 Å². The Morgan fingerprint density at radius 3 is 2.75 bits per heavy atom. The number of nitrogens with two attached hydrogens (primary N) is 1. The van der Waals surface area contributed by atoms with Crippen molar-refractivity contribution >= 4 is 15.9 Å². The van der Waals surface area contributed by atoms with Gasteiger partial charge in [0, 0.05) is 12.1 Å². The van der Waals surface area contributed by atoms with Gasteiger partial charge in [0.1, 0.15) is 5.76 Å². The minimum absolute atomic E-state index is 0.215. The third-order valence-corrected chi connectivity index (χ3v) is 4.04. The first-order chi connectivity index (χ1) is 7.75. The average molecular weight is 285 g/mol. The van der Waals surface area contributed by atoms with E-state index in [1.165, 1.54) is 25.8 Å². The lowest BCUT2D eigenvalue weighted by atomic mass is 9.95. The average Bonchev–Trinajstić information content (AvgIpc) is 3.02. The minimum atomic E-state index is 0.215. The molecule has 3 nitrogen and oxygen atoms in total. The van der Waals surface area contributed by atoms with Crippen molar-refractivity contribution in [2.75, 3.05) is 6.54 Å². The molecule has 3 rings (SSSR count). The second-order valence-corrected chi connectivity index (χ2v) is 5.64. The van der Waals surface area contributed by atoms with Gasteiger partial charge < -0.3 is 10.2 Å². The molecule has 0 aromatic carbocycles. The van der Waals surface area contributed by atoms with E-state index in [1.54, 1.807) is 0 Å². The monoisotopic (exact) mass is 284 g/mol. The Kier molecular flexibility index (Phi) is 2.81. The predicted octanol–water partition coefficient (Wildman–Crippen LogP) is 2.67. The molecular weight excluding hydrogens is 268 g/mol. The van der Waals surface area contributed by atoms with Crippen LogP contribution in [-0.2, 0) is 0 Å². The first-order valence-corrected chi connectivity index (χ1v) is 6.81. The Balaban J connectivity index is 1.87. The molecule has 0 spiro atoms. The Morgan fingerprint density at radius 2 is 2.12 bits per heavy atom. The fourth-order valence-corrected chi connectivity index (χ4v) is 3.05. The lowest BCUT2D eigenvalue weighted by molar-refractivity contribution is 0.102. The predicted molar refractivity (Wildman–Crippen MR) is 66.1 cm³/mol. The molecule has 2 N–H and O–H groups in total. The summed E-state index contributed by atoms with van der Waals surface area (Å²) in [4.78, 5) is 2.54. The van der Waals surface area contributed by atoms with Gasteiger partial charge >= 0.3 is 0 Å². The SMILES string of the molecule is NC1CCCN(C2CC2)C1c1ccc(Br)o1. The van der Waals surface area contributed by atoms with Gasteiger partial charge in [-0.3, -0.25) is 4.90 Å². The van der Waals surface area contributed by atoms with Crippen molar-refractivity contribution in [1.29, 1.82) is 0 Å². The van der Waals surface area contributed by atoms with E-state index in [-0.39, 0.29) is 12.1 Å². The van der Waals surface area contributed by atoms with E-state index in [4.69, 9.17) is 10.2 Å². The lowest BCUT2D eigenvalue weighted by Gasteiger charge is -2.38. The lowest BCUT2D eigenvalue weighted by Crippen LogP contribution is -2.46. The standard InChI is InChI=1S/C12H17BrN2O/c13-11-6-5-10(16-11)12-9(14)2-1-7-15(12)8-3-4-8/h5-6,8-9,12H,1-4,7,14H2. The summed E-state index contributed by atoms with van der Waals surface area (Å²) in [5.74, 6) is 1.02. The quantitative estimate of drug-likeness (QED) is 0.908. The molecule has 1 aromatic rings. The summed E-state index contributed by atoms with van der Waals surface area (Å²) < 4.78 is 6.50. The Morgan fingerprint density at radius 1 is 1.31 bits per heavy atom. The van der Waals surface area contributed by atoms with E-state index < -0.39 is 0 Å². The maximum Gasteiger partial charge on any atom is 0.169 e. The molecule has 16 heavy (non-hydrogen) atoms. The van der Waals surface area contributed by atoms with Gasteiger partial charge in [0.05, 0.1) is 6.04 Å². The molecule has 0 amide bonds. The van der Waals surface area contributed by atoms with Gasteiger partial charge in [-0.2, -0.15) is 0 Å². The number of nitrogens with zero attached hydrogens (tertiary/aromatic N) is 1. The highest BCUT2D eigenvalue weighted by Crippen LogP contribution is 2.40. The van der Waals surface area contributed by atoms with Crippen LogP contribution >= 0.6 is 15.9 Å². The molecule has 2 unspecified atom stereocenters. The molecule has 1 aliphatic heterocycles. The molecule has 2 heterocycles. The zero-order valence-corrected chi connectivity index (χ0v) is 10.8. The zero-order valence-electron chi connectivity index (χ0n) is 9.23. The van der Waals surface area contributed by atoms with Crippen LogP contribution in [0.1, 0.15) is 37.5 Å². The van der Waals surface area contributed by atoms with Crippen LogP contribution in [0.2, 0.25) is 0 Å². The molecule has 1 aliphatic carbocycles. The molecule has 4 heteroatoms. The van der Waals surface area contributed by atoms with Crippen LogP contribution in [0.25, 0.3) is 0 Å². The highest BCUT2D eigenvalue weighted by Gasteiger charge is 2.40. The largest absolute Gasteiger partial charge is 0.453 e. The number of likely N-dealkylation sites (tertiary alicyclic amines) is 1. The molecule has 2 aliphatic rings. The highest BCUT2D eigenvalue weighted by molar-refractivity contribution is 9.10. The van der Waals surface area contributed by atoms with Crippen molar-refractivity contribution in [3.8, 4) is 0 Å². The summed E-state index contributed by atoms with van der Waals surface area (Å²) in [6.07, 6.45) is 4.97. The first kappa shape index (κ1) is 10.8. The maximum absolute atomic E-state index is 6.26. The van der Waals surface area contributed by atoms with Crippen molar-refractivity contribution in [3.05, 3.63) is 22.6 Å². The molecular formula is C12H17BrN2O. The molecule has 2 atom stereocenters. The number of hydrogen-bond acceptors (Lipinski definition) is 3. The number of piperidine rings is 1. The number of furan rings is 1. The smallest absolute Gasteiger partial charge is 0.169 e. The van der Waals surface area contributed by atoms with E-state index in [9.17, 15) is 0 Å². The number of rotatable bonds is 2. The second kappa shape index (κ2) is 4.17. The number of hydrogen-bond donors (Lipinski definition) is 1. The molecule has 88 valence electrons. The van der Waals surface area contributed by atoms with Crippen LogP contribution < -0.4 is 5.73 Å². The Bertz CT molecular complexity index is 375. The summed E-state index contributed by atoms with van der Waals surface area (Å²) >= 11 is 3.37. The Labute approximate surface area is 104 Å². The van der Waals surface area contributed by atoms with Crippen LogP contribution in [0, 0.1) is 0 Å². The topological polar surface area (TPSA) is 42.4 Å². The van der Waals surface area contributed by atoms with Crippen molar-refractivity contribution in [2.45, 2.75) is 43.8 Å². The van der Waals surface area contributed by atoms with E-state index >= 15 is 0 Å². The third-order valence-electron chi connectivity index (χ3n) is 3.62. The molecule has 0 radical (unpaired) electrons. The summed E-state index contributed by atoms with van der Waals surface area (Å²) in [6, 6.07) is 5.26. The van der Waals surface area contributed by atoms with Crippen LogP contribution in [0.15, 0.2) is 21.2 Å². The highest BCUT2D eigenvalue weighted by atomic mass is 79.9. The number of halogens is 1. The van der Waals surface area contributed by atoms with Crippen LogP contribution in [-0.4, -0.2) is 23.5 Å². The van der Waals surface area contributed by atoms with Crippen molar-refractivity contribution < 1.29 is 4.42 Å². The molecule has 1 aromatic heterocycles. The first-order valence-electron chi connectivity index (χ1n) is 6.02. The zero-order chi connectivity index (χ0) is 11.1. The van der Waals surface area contributed by atoms with Gasteiger partial charge in [-0.25, -0.2) is 0 Å². The summed E-state index contributed by atoms with van der Waals surface area (Å²) in [5.41, 5.74) is 6.26. The van der Waals surface area contributed by atoms with E-state index in [1.807, 2.05) is 6.07 Å². The fraction of sp³-hybridized carbons (Fsp3) is 0.667. The van der Waals surface area contributed by atoms with E-state index in [0.29, 0.717) is 0 Å². The molecule has 2 fully saturated rings. The minimum Gasteiger partial charge on any atom is -0.453 e. The van der Waals surface area contributed by atoms with Gasteiger partial charge in [-0.1, -0.05) is 0 Å². The van der Waals surface area contributed by atoms with Gasteiger partial charge in [0.25, 0.3) is 0 Å². The second-order valence-electron chi connectivity index (χ2n) is 4.86. The van der Waals surface area contributed by atoms with Crippen LogP contribution in [0.5, 0.6) is 0 Å². The maximum atomic E-state index is 6.26. The van der Waals surface area contributed by atoms with Gasteiger partial charge in [-0.05, 0) is 60.3 Å². The summed E-state index contributed by atoms with van der Waals surface area (Å²) in [5, 5.41) is 0. The molecule has 0 bridgehead atoms. The Hall–Kier alpha value is -0.320. The van der Waals surface area contributed by atoms with Crippen LogP contribution in [0.3, 0.4) is 0 Å². The normalized spacial score (nSPS) is 31.9. The summed E-state index contributed by atoms with van der Waals surface area (Å²) in [7, 11) is 0.